The fraction of sp³-hybridized carbons (Fsp3) is 0.500. The second-order valence-corrected chi connectivity index (χ2v) is 1.67. The predicted octanol–water partition coefficient (Wildman–Crippen LogP) is 2.96. The van der Waals surface area contributed by atoms with Gasteiger partial charge in [-0.2, -0.15) is 26.3 Å². The van der Waals surface area contributed by atoms with Crippen molar-refractivity contribution in [2.45, 2.75) is 12.4 Å². The van der Waals surface area contributed by atoms with Crippen molar-refractivity contribution in [3.63, 3.8) is 0 Å². The Morgan fingerprint density at radius 2 is 0.583 bits per heavy atom. The van der Waals surface area contributed by atoms with Crippen molar-refractivity contribution in [3.8, 4) is 0 Å². The first-order valence-corrected chi connectivity index (χ1v) is 2.45. The van der Waals surface area contributed by atoms with Crippen LogP contribution in [0.25, 0.3) is 0 Å². The molecule has 0 amide bonds. The number of hydrogen-bond acceptors (Lipinski definition) is 14. The molecule has 33 N–H and O–H groups in total. The van der Waals surface area contributed by atoms with E-state index < -0.39 is 24.3 Å². The average Bonchev–Trinajstić information content (AvgIpc) is 1.82. The maximum absolute atomic E-state index is 11.2. The summed E-state index contributed by atoms with van der Waals surface area (Å²) in [6, 6.07) is 0. The minimum Gasteiger partial charge on any atom is -0.380 e. The second kappa shape index (κ2) is 29.3. The normalized spacial score (nSPS) is 6.75. The number of carbonyl (C=O) groups excluding carboxylic acids is 2. The highest BCUT2D eigenvalue weighted by molar-refractivity contribution is 5.90. The molecule has 0 aliphatic rings. The van der Waals surface area contributed by atoms with Crippen LogP contribution in [0.2, 0.25) is 0 Å². The Labute approximate surface area is 134 Å². The van der Waals surface area contributed by atoms with Crippen molar-refractivity contribution in [2.24, 2.45) is 0 Å². The largest absolute Gasteiger partial charge is 0.491 e. The zero-order valence-corrected chi connectivity index (χ0v) is 13.3. The summed E-state index contributed by atoms with van der Waals surface area (Å²) in [5.41, 5.74) is 0. The highest BCUT2D eigenvalue weighted by Crippen LogP contribution is 2.21. The Balaban J connectivity index is -0.0000000131. The molecule has 0 aliphatic heterocycles. The molecule has 0 saturated carbocycles. The maximum Gasteiger partial charge on any atom is 0.491 e. The zero-order chi connectivity index (χ0) is 10.9. The van der Waals surface area contributed by atoms with Crippen molar-refractivity contribution < 1.29 is 40.7 Å². The van der Waals surface area contributed by atoms with Gasteiger partial charge in [0.1, 0.15) is 0 Å². The zero-order valence-electron chi connectivity index (χ0n) is 13.3. The van der Waals surface area contributed by atoms with Crippen LogP contribution in [0.3, 0.4) is 0 Å². The molecule has 0 aromatic rings. The summed E-state index contributed by atoms with van der Waals surface area (Å²) >= 11 is 0. The third-order valence-electron chi connectivity index (χ3n) is 0.648. The smallest absolute Gasteiger partial charge is 0.380 e. The predicted molar refractivity (Wildman–Crippen MR) is 78.5 cm³/mol. The number of ether oxygens (including phenoxy) is 1. The first-order chi connectivity index (χ1) is 5.55. The molecule has 0 heterocycles. The van der Waals surface area contributed by atoms with Crippen LogP contribution >= 0.6 is 0 Å². The lowest BCUT2D eigenvalue weighted by atomic mass is 10.6. The maximum atomic E-state index is 11.2. The molecule has 0 aliphatic carbocycles. The van der Waals surface area contributed by atoms with Crippen LogP contribution in [0.4, 0.5) is 26.3 Å². The monoisotopic (exact) mass is 397 g/mol. The third kappa shape index (κ3) is 37.0. The van der Waals surface area contributed by atoms with Crippen molar-refractivity contribution in [2.75, 3.05) is 0 Å². The summed E-state index contributed by atoms with van der Waals surface area (Å²) in [7, 11) is 0. The highest BCUT2D eigenvalue weighted by Gasteiger charge is 2.49. The van der Waals surface area contributed by atoms with E-state index in [-0.39, 0.29) is 67.7 Å². The topological polar surface area (TPSA) is 428 Å². The molecular weight excluding hydrogens is 364 g/mol. The van der Waals surface area contributed by atoms with Gasteiger partial charge in [-0.3, -0.25) is 0 Å². The van der Waals surface area contributed by atoms with Gasteiger partial charge in [0, 0.05) is 0 Å². The highest BCUT2D eigenvalue weighted by atomic mass is 19.4. The Morgan fingerprint density at radius 3 is 0.667 bits per heavy atom. The van der Waals surface area contributed by atoms with E-state index in [0.29, 0.717) is 0 Å². The molecule has 0 bridgehead atoms. The van der Waals surface area contributed by atoms with E-state index in [0.717, 1.165) is 0 Å². The summed E-state index contributed by atoms with van der Waals surface area (Å²) in [5, 5.41) is 0. The van der Waals surface area contributed by atoms with E-state index in [1.807, 2.05) is 0 Å². The van der Waals surface area contributed by atoms with Gasteiger partial charge in [0.15, 0.2) is 0 Å². The molecular formula is C4H33F6N11O3. The van der Waals surface area contributed by atoms with Gasteiger partial charge in [0.2, 0.25) is 0 Å². The Morgan fingerprint density at radius 1 is 0.458 bits per heavy atom. The second-order valence-electron chi connectivity index (χ2n) is 1.67. The molecule has 14 nitrogen and oxygen atoms in total. The summed E-state index contributed by atoms with van der Waals surface area (Å²) < 4.78 is 69.7. The van der Waals surface area contributed by atoms with E-state index in [2.05, 4.69) is 4.74 Å². The number of carbonyl (C=O) groups is 2. The van der Waals surface area contributed by atoms with Gasteiger partial charge in [-0.1, -0.05) is 0 Å². The molecule has 0 saturated heterocycles. The Hall–Kier alpha value is -1.72. The molecule has 0 aromatic heterocycles. The number of esters is 2. The van der Waals surface area contributed by atoms with Gasteiger partial charge >= 0.3 is 24.3 Å². The van der Waals surface area contributed by atoms with Gasteiger partial charge < -0.3 is 72.4 Å². The SMILES string of the molecule is N.N.N.N.N.N.N.N.N.N.N.O=C(OC(=O)C(F)(F)F)C(F)(F)F. The van der Waals surface area contributed by atoms with E-state index in [4.69, 9.17) is 0 Å². The van der Waals surface area contributed by atoms with Crippen LogP contribution in [0.15, 0.2) is 0 Å². The fourth-order valence-corrected chi connectivity index (χ4v) is 0.200. The van der Waals surface area contributed by atoms with Gasteiger partial charge in [-0.05, 0) is 0 Å². The van der Waals surface area contributed by atoms with Gasteiger partial charge in [-0.15, -0.1) is 0 Å². The standard InChI is InChI=1S/C4F6O3.11H3N/c5-3(6,7)1(11)13-2(12)4(8,9)10;;;;;;;;;;;/h;11*1H3. The quantitative estimate of drug-likeness (QED) is 0.159. The molecule has 0 spiro atoms. The summed E-state index contributed by atoms with van der Waals surface area (Å²) in [4.78, 5) is 19.3. The molecule has 0 radical (unpaired) electrons. The van der Waals surface area contributed by atoms with Gasteiger partial charge in [-0.25, -0.2) is 9.59 Å². The summed E-state index contributed by atoms with van der Waals surface area (Å²) in [6.07, 6.45) is -11.2. The van der Waals surface area contributed by atoms with E-state index in [1.165, 1.54) is 0 Å². The minimum atomic E-state index is -5.62. The Bertz CT molecular complexity index is 225. The van der Waals surface area contributed by atoms with Crippen LogP contribution in [0.5, 0.6) is 0 Å². The lowest BCUT2D eigenvalue weighted by Gasteiger charge is -2.06. The summed E-state index contributed by atoms with van der Waals surface area (Å²) in [5.74, 6) is -6.40. The lowest BCUT2D eigenvalue weighted by molar-refractivity contribution is -0.221. The minimum absolute atomic E-state index is 0. The van der Waals surface area contributed by atoms with Gasteiger partial charge in [0.25, 0.3) is 0 Å². The fourth-order valence-electron chi connectivity index (χ4n) is 0.200. The third-order valence-corrected chi connectivity index (χ3v) is 0.648. The summed E-state index contributed by atoms with van der Waals surface area (Å²) in [6.45, 7) is 0. The molecule has 20 heteroatoms. The molecule has 0 rings (SSSR count). The van der Waals surface area contributed by atoms with Crippen molar-refractivity contribution in [1.82, 2.24) is 67.7 Å². The van der Waals surface area contributed by atoms with Crippen LogP contribution < -0.4 is 67.7 Å². The molecule has 164 valence electrons. The first kappa shape index (κ1) is 95.5. The van der Waals surface area contributed by atoms with E-state index in [9.17, 15) is 35.9 Å². The molecule has 0 unspecified atom stereocenters. The van der Waals surface area contributed by atoms with Crippen LogP contribution in [0, 0.1) is 0 Å². The Kier molecular flexibility index (Phi) is 117. The van der Waals surface area contributed by atoms with E-state index >= 15 is 0 Å². The molecule has 0 aromatic carbocycles. The van der Waals surface area contributed by atoms with Crippen molar-refractivity contribution >= 4 is 11.9 Å². The van der Waals surface area contributed by atoms with Crippen LogP contribution in [-0.4, -0.2) is 24.3 Å². The number of hydrogen-bond donors (Lipinski definition) is 11. The van der Waals surface area contributed by atoms with Crippen LogP contribution in [0.1, 0.15) is 0 Å². The number of rotatable bonds is 0. The number of halogens is 6. The molecule has 0 atom stereocenters. The average molecular weight is 397 g/mol. The molecule has 24 heavy (non-hydrogen) atoms. The van der Waals surface area contributed by atoms with E-state index in [1.54, 1.807) is 0 Å². The lowest BCUT2D eigenvalue weighted by Crippen LogP contribution is -2.34. The van der Waals surface area contributed by atoms with Crippen LogP contribution in [-0.2, 0) is 14.3 Å². The first-order valence-electron chi connectivity index (χ1n) is 2.45. The molecule has 0 fully saturated rings. The number of alkyl halides is 6. The van der Waals surface area contributed by atoms with Crippen molar-refractivity contribution in [1.29, 1.82) is 0 Å². The van der Waals surface area contributed by atoms with Crippen molar-refractivity contribution in [3.05, 3.63) is 0 Å². The van der Waals surface area contributed by atoms with Gasteiger partial charge in [0.05, 0.1) is 0 Å².